The van der Waals surface area contributed by atoms with Gasteiger partial charge in [-0.1, -0.05) is 30.3 Å². The molecule has 8 heteroatoms. The lowest BCUT2D eigenvalue weighted by Gasteiger charge is -2.39. The number of H-pyrrole nitrogens is 1. The van der Waals surface area contributed by atoms with Gasteiger partial charge < -0.3 is 15.2 Å². The monoisotopic (exact) mass is 518 g/mol. The van der Waals surface area contributed by atoms with Crippen LogP contribution in [0.3, 0.4) is 0 Å². The number of nitrogens with zero attached hydrogens (tertiary/aromatic N) is 2. The molecule has 0 radical (unpaired) electrons. The second kappa shape index (κ2) is 10.8. The first-order valence-electron chi connectivity index (χ1n) is 12.6. The molecule has 0 saturated carbocycles. The minimum atomic E-state index is -4.41. The quantitative estimate of drug-likeness (QED) is 0.294. The van der Waals surface area contributed by atoms with Gasteiger partial charge in [0.05, 0.1) is 5.56 Å². The first-order chi connectivity index (χ1) is 18.3. The van der Waals surface area contributed by atoms with Crippen molar-refractivity contribution < 1.29 is 18.0 Å². The number of piperazine rings is 1. The van der Waals surface area contributed by atoms with Gasteiger partial charge in [-0.05, 0) is 72.6 Å². The van der Waals surface area contributed by atoms with Gasteiger partial charge in [0.1, 0.15) is 0 Å². The molecular formula is C30H29F3N4O. The van der Waals surface area contributed by atoms with Crippen LogP contribution in [0.4, 0.5) is 24.5 Å². The van der Waals surface area contributed by atoms with Crippen LogP contribution in [0.5, 0.6) is 0 Å². The first kappa shape index (κ1) is 25.6. The molecule has 2 N–H and O–H groups in total. The maximum atomic E-state index is 13.1. The highest BCUT2D eigenvalue weighted by Crippen LogP contribution is 2.32. The van der Waals surface area contributed by atoms with E-state index >= 15 is 0 Å². The summed E-state index contributed by atoms with van der Waals surface area (Å²) in [5, 5.41) is 2.92. The molecule has 1 amide bonds. The third-order valence-corrected chi connectivity index (χ3v) is 7.12. The first-order valence-corrected chi connectivity index (χ1v) is 12.6. The number of alkyl halides is 3. The van der Waals surface area contributed by atoms with Gasteiger partial charge in [-0.25, -0.2) is 0 Å². The molecule has 1 aliphatic rings. The van der Waals surface area contributed by atoms with Crippen LogP contribution in [-0.4, -0.2) is 42.0 Å². The van der Waals surface area contributed by atoms with Crippen molar-refractivity contribution >= 4 is 17.3 Å². The van der Waals surface area contributed by atoms with Gasteiger partial charge in [-0.15, -0.1) is 0 Å². The minimum Gasteiger partial charge on any atom is -0.369 e. The summed E-state index contributed by atoms with van der Waals surface area (Å²) in [7, 11) is 0. The maximum absolute atomic E-state index is 13.1. The van der Waals surface area contributed by atoms with Crippen molar-refractivity contribution in [2.75, 3.05) is 36.4 Å². The molecule has 3 aromatic carbocycles. The fourth-order valence-electron chi connectivity index (χ4n) is 4.89. The van der Waals surface area contributed by atoms with Crippen molar-refractivity contribution in [1.82, 2.24) is 9.88 Å². The minimum absolute atomic E-state index is 0.319. The number of rotatable bonds is 6. The zero-order valence-corrected chi connectivity index (χ0v) is 21.0. The number of aromatic nitrogens is 1. The number of halogens is 3. The molecule has 5 nitrogen and oxygen atoms in total. The summed E-state index contributed by atoms with van der Waals surface area (Å²) in [6.45, 7) is 5.96. The molecule has 196 valence electrons. The second-order valence-corrected chi connectivity index (χ2v) is 9.45. The van der Waals surface area contributed by atoms with E-state index in [1.165, 1.54) is 17.8 Å². The van der Waals surface area contributed by atoms with Gasteiger partial charge in [0.2, 0.25) is 0 Å². The molecule has 1 unspecified atom stereocenters. The molecule has 2 heterocycles. The van der Waals surface area contributed by atoms with Gasteiger partial charge in [0.15, 0.2) is 0 Å². The molecule has 5 rings (SSSR count). The Bertz CT molecular complexity index is 1360. The van der Waals surface area contributed by atoms with Crippen molar-refractivity contribution in [3.8, 4) is 11.1 Å². The highest BCUT2D eigenvalue weighted by molar-refractivity contribution is 6.08. The largest absolute Gasteiger partial charge is 0.416 e. The summed E-state index contributed by atoms with van der Waals surface area (Å²) >= 11 is 0. The molecule has 38 heavy (non-hydrogen) atoms. The summed E-state index contributed by atoms with van der Waals surface area (Å²) in [5.74, 6) is -0.319. The smallest absolute Gasteiger partial charge is 0.369 e. The highest BCUT2D eigenvalue weighted by atomic mass is 19.4. The Balaban J connectivity index is 1.23. The Morgan fingerprint density at radius 3 is 2.18 bits per heavy atom. The molecule has 1 aromatic heterocycles. The standard InChI is InChI=1S/C30H29F3N4O/c1-21(28-7-4-16-34-28)36-17-19-37(20-18-36)25-14-12-24(13-15-25)35-29(38)27-6-3-2-5-26(27)22-8-10-23(11-9-22)30(31,32)33/h2-16,21,34H,17-20H2,1H3,(H,35,38). The topological polar surface area (TPSA) is 51.4 Å². The summed E-state index contributed by atoms with van der Waals surface area (Å²) in [4.78, 5) is 21.2. The summed E-state index contributed by atoms with van der Waals surface area (Å²) < 4.78 is 38.9. The fourth-order valence-corrected chi connectivity index (χ4v) is 4.89. The van der Waals surface area contributed by atoms with Crippen LogP contribution in [0.25, 0.3) is 11.1 Å². The van der Waals surface area contributed by atoms with Gasteiger partial charge in [0, 0.05) is 61.0 Å². The third-order valence-electron chi connectivity index (χ3n) is 7.12. The SMILES string of the molecule is CC(c1ccc[nH]1)N1CCN(c2ccc(NC(=O)c3ccccc3-c3ccc(C(F)(F)F)cc3)cc2)CC1. The van der Waals surface area contributed by atoms with Crippen LogP contribution in [0, 0.1) is 0 Å². The molecule has 0 aliphatic carbocycles. The van der Waals surface area contributed by atoms with Crippen LogP contribution in [0.15, 0.2) is 91.1 Å². The van der Waals surface area contributed by atoms with Gasteiger partial charge >= 0.3 is 6.18 Å². The van der Waals surface area contributed by atoms with Crippen LogP contribution in [-0.2, 0) is 6.18 Å². The number of carbonyl (C=O) groups excluding carboxylic acids is 1. The van der Waals surface area contributed by atoms with E-state index < -0.39 is 11.7 Å². The zero-order valence-electron chi connectivity index (χ0n) is 21.0. The van der Waals surface area contributed by atoms with Crippen LogP contribution >= 0.6 is 0 Å². The van der Waals surface area contributed by atoms with Crippen molar-refractivity contribution in [1.29, 1.82) is 0 Å². The maximum Gasteiger partial charge on any atom is 0.416 e. The van der Waals surface area contributed by atoms with E-state index in [1.54, 1.807) is 24.3 Å². The lowest BCUT2D eigenvalue weighted by molar-refractivity contribution is -0.137. The number of aromatic amines is 1. The lowest BCUT2D eigenvalue weighted by atomic mass is 9.98. The Labute approximate surface area is 219 Å². The van der Waals surface area contributed by atoms with E-state index in [-0.39, 0.29) is 5.91 Å². The van der Waals surface area contributed by atoms with Crippen LogP contribution in [0.1, 0.15) is 34.6 Å². The summed E-state index contributed by atoms with van der Waals surface area (Å²) in [6.07, 6.45) is -2.45. The Morgan fingerprint density at radius 2 is 1.55 bits per heavy atom. The number of hydrogen-bond donors (Lipinski definition) is 2. The van der Waals surface area contributed by atoms with Crippen molar-refractivity contribution in [2.24, 2.45) is 0 Å². The number of nitrogens with one attached hydrogen (secondary N) is 2. The van der Waals surface area contributed by atoms with E-state index in [9.17, 15) is 18.0 Å². The fraction of sp³-hybridized carbons (Fsp3) is 0.233. The molecule has 4 aromatic rings. The van der Waals surface area contributed by atoms with E-state index in [0.717, 1.165) is 44.0 Å². The number of carbonyl (C=O) groups is 1. The van der Waals surface area contributed by atoms with E-state index in [0.29, 0.717) is 28.4 Å². The highest BCUT2D eigenvalue weighted by Gasteiger charge is 2.30. The average molecular weight is 519 g/mol. The zero-order chi connectivity index (χ0) is 26.7. The number of benzene rings is 3. The predicted octanol–water partition coefficient (Wildman–Crippen LogP) is 6.84. The predicted molar refractivity (Wildman–Crippen MR) is 144 cm³/mol. The summed E-state index contributed by atoms with van der Waals surface area (Å²) in [5.41, 5.74) is 3.76. The van der Waals surface area contributed by atoms with E-state index in [2.05, 4.69) is 33.1 Å². The number of hydrogen-bond acceptors (Lipinski definition) is 3. The van der Waals surface area contributed by atoms with Crippen LogP contribution in [0.2, 0.25) is 0 Å². The molecule has 1 atom stereocenters. The van der Waals surface area contributed by atoms with Crippen LogP contribution < -0.4 is 10.2 Å². The Hall–Kier alpha value is -4.04. The van der Waals surface area contributed by atoms with Gasteiger partial charge in [-0.3, -0.25) is 9.69 Å². The Kier molecular flexibility index (Phi) is 7.24. The van der Waals surface area contributed by atoms with E-state index in [1.807, 2.05) is 36.5 Å². The molecule has 1 aliphatic heterocycles. The van der Waals surface area contributed by atoms with Crippen molar-refractivity contribution in [3.05, 3.63) is 108 Å². The number of amides is 1. The van der Waals surface area contributed by atoms with Gasteiger partial charge in [0.25, 0.3) is 5.91 Å². The second-order valence-electron chi connectivity index (χ2n) is 9.45. The number of anilines is 2. The Morgan fingerprint density at radius 1 is 0.868 bits per heavy atom. The lowest BCUT2D eigenvalue weighted by Crippen LogP contribution is -2.47. The molecule has 1 saturated heterocycles. The molecule has 0 spiro atoms. The third kappa shape index (κ3) is 5.60. The molecule has 0 bridgehead atoms. The van der Waals surface area contributed by atoms with Gasteiger partial charge in [-0.2, -0.15) is 13.2 Å². The van der Waals surface area contributed by atoms with Crippen molar-refractivity contribution in [2.45, 2.75) is 19.1 Å². The molecular weight excluding hydrogens is 489 g/mol. The van der Waals surface area contributed by atoms with E-state index in [4.69, 9.17) is 0 Å². The summed E-state index contributed by atoms with van der Waals surface area (Å²) in [6, 6.07) is 24.0. The molecule has 1 fully saturated rings. The van der Waals surface area contributed by atoms with Crippen molar-refractivity contribution in [3.63, 3.8) is 0 Å². The normalized spacial score (nSPS) is 15.3. The average Bonchev–Trinajstić information content (AvgIpc) is 3.48.